The summed E-state index contributed by atoms with van der Waals surface area (Å²) >= 11 is -0.0408. The first-order valence-electron chi connectivity index (χ1n) is 41.7. The molecular formula is C115H83IN7-. The van der Waals surface area contributed by atoms with Crippen LogP contribution in [0.4, 0.5) is 85.3 Å². The van der Waals surface area contributed by atoms with Crippen LogP contribution in [0.2, 0.25) is 0 Å². The van der Waals surface area contributed by atoms with Gasteiger partial charge in [-0.05, 0) is 191 Å². The third kappa shape index (κ3) is 14.8. The number of hydrogen-bond acceptors (Lipinski definition) is 5. The van der Waals surface area contributed by atoms with E-state index >= 15 is 0 Å². The van der Waals surface area contributed by atoms with Crippen molar-refractivity contribution in [2.45, 2.75) is 0 Å². The summed E-state index contributed by atoms with van der Waals surface area (Å²) in [6, 6.07) is 176. The second-order valence-electron chi connectivity index (χ2n) is 30.8. The molecule has 586 valence electrons. The van der Waals surface area contributed by atoms with Gasteiger partial charge >= 0.3 is 222 Å². The van der Waals surface area contributed by atoms with Gasteiger partial charge in [-0.3, -0.25) is 0 Å². The van der Waals surface area contributed by atoms with E-state index in [1.165, 1.54) is 47.2 Å². The maximum absolute atomic E-state index is 2.40. The van der Waals surface area contributed by atoms with Crippen molar-refractivity contribution in [1.82, 2.24) is 9.13 Å². The fraction of sp³-hybridized carbons (Fsp3) is 0.00870. The Labute approximate surface area is 727 Å². The first-order valence-corrected chi connectivity index (χ1v) is 45.0. The molecule has 21 rings (SSSR count). The Morgan fingerprint density at radius 2 is 0.333 bits per heavy atom. The predicted octanol–water partition coefficient (Wildman–Crippen LogP) is 28.8. The second kappa shape index (κ2) is 33.4. The number of halogens is 1. The fourth-order valence-corrected chi connectivity index (χ4v) is 18.7. The van der Waals surface area contributed by atoms with Crippen LogP contribution in [0.1, 0.15) is 0 Å². The van der Waals surface area contributed by atoms with E-state index in [1.54, 1.807) is 0 Å². The number of nitrogens with zero attached hydrogens (tertiary/aromatic N) is 7. The number of fused-ring (bicyclic) bond motifs is 6. The zero-order valence-corrected chi connectivity index (χ0v) is 69.9. The molecule has 0 aliphatic heterocycles. The van der Waals surface area contributed by atoms with Crippen LogP contribution in [0.3, 0.4) is 0 Å². The van der Waals surface area contributed by atoms with Gasteiger partial charge in [0, 0.05) is 84.7 Å². The molecule has 0 saturated carbocycles. The van der Waals surface area contributed by atoms with E-state index in [-0.39, 0.29) is 21.2 Å². The van der Waals surface area contributed by atoms with Crippen LogP contribution in [-0.4, -0.2) is 14.1 Å². The molecule has 7 nitrogen and oxygen atoms in total. The normalized spacial score (nSPS) is 11.4. The molecule has 0 aliphatic rings. The molecule has 0 atom stereocenters. The van der Waals surface area contributed by atoms with Gasteiger partial charge in [0.25, 0.3) is 0 Å². The summed E-state index contributed by atoms with van der Waals surface area (Å²) in [5.41, 5.74) is 32.4. The standard InChI is InChI=1S/C115H83IN7/c1-116-90-56-74-105(75-57-90)121(107-77-79-115-111(81-107)109-37-21-23-39-113(109)123(115)96-34-18-7-19-35-96)104-72-54-89(55-73-104)87-50-68-102(69-51-87)119(93-28-12-4-13-29-93)100-64-46-85(47-65-100)83-42-60-98(61-43-83)117(91-24-8-2-9-25-91)97-58-40-82(41-59-97)84-44-62-99(63-45-84)118(92-26-10-3-11-27-92)101-66-48-86(49-67-101)88-52-70-103(71-53-88)120(94-30-14-5-15-31-94)106-76-78-114-110(80-106)108-36-20-22-38-112(108)122(114)95-32-16-6-17-33-95/h2-81H,1H3/q-1. The SMILES string of the molecule is C[I-]c1ccc(N(c2ccc(-c3ccc(N(c4ccccc4)c4ccc(-c5ccc(N(c6ccccc6)c6ccc(-c7ccc(N(c8ccccc8)c8ccc(-c9ccc(N(c%10ccccc%10)c%10ccc%11c(c%10)c%10ccccc%10n%11-c%10ccccc%10)cc9)cc8)cc7)cc6)cc5)cc4)cc3)cc2)c2ccc3c(c2)c2ccccc2n3-c2ccccc2)cc1. The molecule has 2 aromatic heterocycles. The summed E-state index contributed by atoms with van der Waals surface area (Å²) in [7, 11) is 0. The molecule has 0 unspecified atom stereocenters. The van der Waals surface area contributed by atoms with Crippen LogP contribution < -0.4 is 45.7 Å². The van der Waals surface area contributed by atoms with Crippen LogP contribution >= 0.6 is 0 Å². The molecule has 0 bridgehead atoms. The summed E-state index contributed by atoms with van der Waals surface area (Å²) in [5, 5.41) is 4.88. The molecule has 2 heterocycles. The average Bonchev–Trinajstić information content (AvgIpc) is 1.59. The summed E-state index contributed by atoms with van der Waals surface area (Å²) in [5.74, 6) is 0. The van der Waals surface area contributed by atoms with Gasteiger partial charge in [-0.25, -0.2) is 0 Å². The Morgan fingerprint density at radius 1 is 0.154 bits per heavy atom. The van der Waals surface area contributed by atoms with Gasteiger partial charge in [0.2, 0.25) is 0 Å². The fourth-order valence-electron chi connectivity index (χ4n) is 17.6. The van der Waals surface area contributed by atoms with Gasteiger partial charge in [-0.2, -0.15) is 0 Å². The van der Waals surface area contributed by atoms with Crippen molar-refractivity contribution in [2.24, 2.45) is 0 Å². The van der Waals surface area contributed by atoms with E-state index in [0.717, 1.165) is 141 Å². The molecule has 0 radical (unpaired) electrons. The topological polar surface area (TPSA) is 26.1 Å². The van der Waals surface area contributed by atoms with Crippen molar-refractivity contribution in [3.63, 3.8) is 0 Å². The zero-order valence-electron chi connectivity index (χ0n) is 67.7. The van der Waals surface area contributed by atoms with Gasteiger partial charge in [0.05, 0.1) is 11.0 Å². The van der Waals surface area contributed by atoms with Crippen LogP contribution in [0.25, 0.3) is 99.5 Å². The molecule has 0 fully saturated rings. The number of hydrogen-bond donors (Lipinski definition) is 0. The van der Waals surface area contributed by atoms with Crippen molar-refractivity contribution in [3.05, 3.63) is 489 Å². The molecule has 123 heavy (non-hydrogen) atoms. The summed E-state index contributed by atoms with van der Waals surface area (Å²) in [6.45, 7) is 0. The first kappa shape index (κ1) is 75.0. The van der Waals surface area contributed by atoms with E-state index in [4.69, 9.17) is 0 Å². The predicted molar refractivity (Wildman–Crippen MR) is 515 cm³/mol. The number of alkyl halides is 1. The van der Waals surface area contributed by atoms with E-state index in [0.29, 0.717) is 0 Å². The van der Waals surface area contributed by atoms with Crippen molar-refractivity contribution in [1.29, 1.82) is 0 Å². The third-order valence-electron chi connectivity index (χ3n) is 23.6. The van der Waals surface area contributed by atoms with Gasteiger partial charge in [0.15, 0.2) is 0 Å². The summed E-state index contributed by atoms with van der Waals surface area (Å²) in [6.07, 6.45) is 0. The number of para-hydroxylation sites is 8. The Balaban J connectivity index is 0.508. The molecule has 0 amide bonds. The van der Waals surface area contributed by atoms with E-state index in [9.17, 15) is 0 Å². The maximum atomic E-state index is 2.40. The molecule has 0 N–H and O–H groups in total. The molecular weight excluding hydrogens is 1610 g/mol. The van der Waals surface area contributed by atoms with Crippen molar-refractivity contribution in [3.8, 4) is 55.9 Å². The van der Waals surface area contributed by atoms with Gasteiger partial charge in [-0.15, -0.1) is 0 Å². The Bertz CT molecular complexity index is 7240. The van der Waals surface area contributed by atoms with Crippen LogP contribution in [0.5, 0.6) is 0 Å². The summed E-state index contributed by atoms with van der Waals surface area (Å²) in [4.78, 5) is 14.1. The number of anilines is 15. The van der Waals surface area contributed by atoms with Crippen LogP contribution in [0, 0.1) is 3.57 Å². The van der Waals surface area contributed by atoms with E-state index in [2.05, 4.69) is 524 Å². The van der Waals surface area contributed by atoms with Crippen molar-refractivity contribution in [2.75, 3.05) is 29.4 Å². The zero-order chi connectivity index (χ0) is 81.9. The van der Waals surface area contributed by atoms with Gasteiger partial charge in [-0.1, -0.05) is 200 Å². The monoisotopic (exact) mass is 1690 g/mol. The second-order valence-corrected chi connectivity index (χ2v) is 33.2. The molecule has 8 heteroatoms. The molecule has 19 aromatic carbocycles. The van der Waals surface area contributed by atoms with Crippen molar-refractivity contribution < 1.29 is 21.2 Å². The van der Waals surface area contributed by atoms with Crippen LogP contribution in [-0.2, 0) is 0 Å². The van der Waals surface area contributed by atoms with Crippen LogP contribution in [0.15, 0.2) is 485 Å². The number of rotatable bonds is 22. The molecule has 0 aliphatic carbocycles. The molecule has 0 saturated heterocycles. The van der Waals surface area contributed by atoms with Crippen molar-refractivity contribution >= 4 is 129 Å². The molecule has 0 spiro atoms. The Morgan fingerprint density at radius 3 is 0.569 bits per heavy atom. The first-order chi connectivity index (χ1) is 60.9. The average molecular weight is 1690 g/mol. The summed E-state index contributed by atoms with van der Waals surface area (Å²) < 4.78 is 6.17. The minimum atomic E-state index is -0.0408. The molecule has 21 aromatic rings. The van der Waals surface area contributed by atoms with Gasteiger partial charge in [0.1, 0.15) is 0 Å². The quantitative estimate of drug-likeness (QED) is 0.0498. The number of benzene rings is 19. The van der Waals surface area contributed by atoms with Gasteiger partial charge < -0.3 is 24.2 Å². The Hall–Kier alpha value is -15.5. The Kier molecular flexibility index (Phi) is 20.3. The third-order valence-corrected chi connectivity index (χ3v) is 25.5. The number of aromatic nitrogens is 2. The van der Waals surface area contributed by atoms with E-state index in [1.807, 2.05) is 0 Å². The minimum absolute atomic E-state index is 0.0408. The van der Waals surface area contributed by atoms with E-state index < -0.39 is 0 Å².